The summed E-state index contributed by atoms with van der Waals surface area (Å²) in [6.45, 7) is 5.03. The first-order valence-corrected chi connectivity index (χ1v) is 6.37. The van der Waals surface area contributed by atoms with Crippen LogP contribution in [0.25, 0.3) is 0 Å². The van der Waals surface area contributed by atoms with Gasteiger partial charge in [0.25, 0.3) is 0 Å². The third-order valence-electron chi connectivity index (χ3n) is 2.48. The molecule has 0 unspecified atom stereocenters. The number of rotatable bonds is 3. The fourth-order valence-corrected chi connectivity index (χ4v) is 1.61. The molecule has 0 heterocycles. The molecule has 0 aliphatic rings. The molecule has 1 aromatic rings. The van der Waals surface area contributed by atoms with Crippen molar-refractivity contribution in [1.82, 2.24) is 0 Å². The number of anilines is 1. The highest BCUT2D eigenvalue weighted by Gasteiger charge is 2.41. The zero-order chi connectivity index (χ0) is 17.1. The van der Waals surface area contributed by atoms with E-state index >= 15 is 0 Å². The maximum absolute atomic E-state index is 12.6. The molecule has 0 saturated heterocycles. The lowest BCUT2D eigenvalue weighted by Gasteiger charge is -2.21. The molecule has 124 valence electrons. The second-order valence-corrected chi connectivity index (χ2v) is 5.53. The van der Waals surface area contributed by atoms with E-state index in [9.17, 15) is 23.1 Å². The van der Waals surface area contributed by atoms with E-state index in [-0.39, 0.29) is 11.4 Å². The number of carbonyl (C=O) groups excluding carboxylic acids is 1. The van der Waals surface area contributed by atoms with E-state index in [4.69, 9.17) is 9.47 Å². The fraction of sp³-hybridized carbons (Fsp3) is 0.500. The Kier molecular flexibility index (Phi) is 5.29. The highest BCUT2D eigenvalue weighted by atomic mass is 19.4. The minimum absolute atomic E-state index is 0.184. The number of nitrogens with one attached hydrogen (secondary N) is 1. The van der Waals surface area contributed by atoms with Gasteiger partial charge in [0.2, 0.25) is 0 Å². The largest absolute Gasteiger partial charge is 0.496 e. The molecule has 0 spiro atoms. The number of aliphatic hydroxyl groups excluding tert-OH is 1. The van der Waals surface area contributed by atoms with Crippen LogP contribution in [-0.4, -0.2) is 30.1 Å². The van der Waals surface area contributed by atoms with Gasteiger partial charge in [-0.1, -0.05) is 6.07 Å². The molecule has 1 aromatic carbocycles. The molecule has 5 nitrogen and oxygen atoms in total. The van der Waals surface area contributed by atoms with Crippen molar-refractivity contribution in [1.29, 1.82) is 0 Å². The number of hydrogen-bond acceptors (Lipinski definition) is 4. The van der Waals surface area contributed by atoms with Crippen LogP contribution in [0.1, 0.15) is 32.4 Å². The minimum Gasteiger partial charge on any atom is -0.496 e. The molecule has 22 heavy (non-hydrogen) atoms. The molecule has 1 atom stereocenters. The Morgan fingerprint density at radius 3 is 2.32 bits per heavy atom. The fourth-order valence-electron chi connectivity index (χ4n) is 1.61. The number of methoxy groups -OCH3 is 1. The summed E-state index contributed by atoms with van der Waals surface area (Å²) in [5, 5.41) is 11.7. The van der Waals surface area contributed by atoms with Crippen LogP contribution in [0, 0.1) is 0 Å². The van der Waals surface area contributed by atoms with Crippen LogP contribution in [0.5, 0.6) is 5.75 Å². The number of carbonyl (C=O) groups is 1. The van der Waals surface area contributed by atoms with Crippen LogP contribution in [-0.2, 0) is 4.74 Å². The summed E-state index contributed by atoms with van der Waals surface area (Å²) < 4.78 is 47.5. The van der Waals surface area contributed by atoms with Crippen LogP contribution >= 0.6 is 0 Å². The molecule has 0 saturated carbocycles. The van der Waals surface area contributed by atoms with Gasteiger partial charge in [0, 0.05) is 17.3 Å². The number of halogens is 3. The van der Waals surface area contributed by atoms with Gasteiger partial charge in [-0.2, -0.15) is 13.2 Å². The summed E-state index contributed by atoms with van der Waals surface area (Å²) in [7, 11) is 1.17. The third-order valence-corrected chi connectivity index (χ3v) is 2.48. The maximum atomic E-state index is 12.6. The van der Waals surface area contributed by atoms with Gasteiger partial charge in [0.15, 0.2) is 6.10 Å². The molecule has 0 aromatic heterocycles. The molecule has 1 rings (SSSR count). The molecule has 0 aliphatic heterocycles. The summed E-state index contributed by atoms with van der Waals surface area (Å²) in [5.74, 6) is -0.196. The number of benzene rings is 1. The van der Waals surface area contributed by atoms with Gasteiger partial charge < -0.3 is 14.6 Å². The Morgan fingerprint density at radius 2 is 1.86 bits per heavy atom. The molecule has 2 N–H and O–H groups in total. The van der Waals surface area contributed by atoms with Crippen molar-refractivity contribution < 1.29 is 32.5 Å². The molecule has 1 amide bonds. The smallest absolute Gasteiger partial charge is 0.418 e. The van der Waals surface area contributed by atoms with Gasteiger partial charge in [0.1, 0.15) is 11.4 Å². The van der Waals surface area contributed by atoms with Crippen molar-refractivity contribution in [2.75, 3.05) is 12.4 Å². The van der Waals surface area contributed by atoms with E-state index in [1.165, 1.54) is 19.2 Å². The quantitative estimate of drug-likeness (QED) is 0.892. The molecule has 0 fully saturated rings. The Labute approximate surface area is 126 Å². The van der Waals surface area contributed by atoms with Gasteiger partial charge in [-0.15, -0.1) is 0 Å². The minimum atomic E-state index is -4.81. The van der Waals surface area contributed by atoms with Crippen LogP contribution < -0.4 is 10.1 Å². The van der Waals surface area contributed by atoms with E-state index in [0.717, 1.165) is 6.07 Å². The predicted molar refractivity (Wildman–Crippen MR) is 73.9 cm³/mol. The lowest BCUT2D eigenvalue weighted by Crippen LogP contribution is -2.27. The average Bonchev–Trinajstić information content (AvgIpc) is 2.34. The predicted octanol–water partition coefficient (Wildman–Crippen LogP) is 3.64. The van der Waals surface area contributed by atoms with Crippen molar-refractivity contribution in [2.45, 2.75) is 38.7 Å². The Bertz CT molecular complexity index is 538. The van der Waals surface area contributed by atoms with Crippen molar-refractivity contribution in [3.05, 3.63) is 23.8 Å². The normalized spacial score (nSPS) is 13.5. The molecule has 0 aliphatic carbocycles. The van der Waals surface area contributed by atoms with Gasteiger partial charge in [-0.05, 0) is 26.8 Å². The average molecular weight is 321 g/mol. The van der Waals surface area contributed by atoms with Crippen molar-refractivity contribution in [2.24, 2.45) is 0 Å². The lowest BCUT2D eigenvalue weighted by molar-refractivity contribution is -0.207. The second kappa shape index (κ2) is 6.43. The maximum Gasteiger partial charge on any atom is 0.418 e. The summed E-state index contributed by atoms with van der Waals surface area (Å²) in [4.78, 5) is 11.6. The second-order valence-electron chi connectivity index (χ2n) is 5.53. The number of ether oxygens (including phenoxy) is 2. The first-order valence-electron chi connectivity index (χ1n) is 6.37. The van der Waals surface area contributed by atoms with E-state index in [1.54, 1.807) is 20.8 Å². The van der Waals surface area contributed by atoms with Gasteiger partial charge >= 0.3 is 12.3 Å². The van der Waals surface area contributed by atoms with Crippen LogP contribution in [0.2, 0.25) is 0 Å². The summed E-state index contributed by atoms with van der Waals surface area (Å²) in [6, 6.07) is 3.43. The molecular weight excluding hydrogens is 303 g/mol. The number of hydrogen-bond donors (Lipinski definition) is 2. The van der Waals surface area contributed by atoms with Crippen LogP contribution in [0.4, 0.5) is 23.7 Å². The molecular formula is C14H18F3NO4. The number of amides is 1. The van der Waals surface area contributed by atoms with Crippen molar-refractivity contribution in [3.63, 3.8) is 0 Å². The monoisotopic (exact) mass is 321 g/mol. The molecule has 0 bridgehead atoms. The molecule has 0 radical (unpaired) electrons. The van der Waals surface area contributed by atoms with E-state index in [1.807, 2.05) is 0 Å². The first kappa shape index (κ1) is 18.1. The Balaban J connectivity index is 2.96. The Hall–Kier alpha value is -1.96. The number of aliphatic hydroxyl groups is 1. The highest BCUT2D eigenvalue weighted by Crippen LogP contribution is 2.38. The van der Waals surface area contributed by atoms with E-state index in [2.05, 4.69) is 5.32 Å². The van der Waals surface area contributed by atoms with Gasteiger partial charge in [-0.3, -0.25) is 5.32 Å². The van der Waals surface area contributed by atoms with Crippen LogP contribution in [0.15, 0.2) is 18.2 Å². The lowest BCUT2D eigenvalue weighted by atomic mass is 10.1. The van der Waals surface area contributed by atoms with E-state index < -0.39 is 29.5 Å². The SMILES string of the molecule is COc1cc(NC(=O)OC(C)(C)C)ccc1[C@H](O)C(F)(F)F. The number of alkyl halides is 3. The van der Waals surface area contributed by atoms with Gasteiger partial charge in [-0.25, -0.2) is 4.79 Å². The Morgan fingerprint density at radius 1 is 1.27 bits per heavy atom. The zero-order valence-electron chi connectivity index (χ0n) is 12.6. The zero-order valence-corrected chi connectivity index (χ0v) is 12.6. The molecule has 8 heteroatoms. The summed E-state index contributed by atoms with van der Waals surface area (Å²) in [6.07, 6.45) is -8.23. The van der Waals surface area contributed by atoms with Crippen molar-refractivity contribution >= 4 is 11.8 Å². The topological polar surface area (TPSA) is 67.8 Å². The first-order chi connectivity index (χ1) is 9.94. The summed E-state index contributed by atoms with van der Waals surface area (Å²) in [5.41, 5.74) is -0.963. The van der Waals surface area contributed by atoms with Crippen LogP contribution in [0.3, 0.4) is 0 Å². The summed E-state index contributed by atoms with van der Waals surface area (Å²) >= 11 is 0. The standard InChI is InChI=1S/C14H18F3NO4/c1-13(2,3)22-12(20)18-8-5-6-9(10(7-8)21-4)11(19)14(15,16)17/h5-7,11,19H,1-4H3,(H,18,20)/t11-/m0/s1. The van der Waals surface area contributed by atoms with E-state index in [0.29, 0.717) is 0 Å². The highest BCUT2D eigenvalue weighted by molar-refractivity contribution is 5.85. The van der Waals surface area contributed by atoms with Crippen molar-refractivity contribution in [3.8, 4) is 5.75 Å². The third kappa shape index (κ3) is 5.10. The van der Waals surface area contributed by atoms with Gasteiger partial charge in [0.05, 0.1) is 7.11 Å².